The largest absolute Gasteiger partial charge is 0.497 e. The van der Waals surface area contributed by atoms with Crippen LogP contribution in [0.5, 0.6) is 5.75 Å². The Morgan fingerprint density at radius 2 is 1.71 bits per heavy atom. The lowest BCUT2D eigenvalue weighted by molar-refractivity contribution is -0.00969. The lowest BCUT2D eigenvalue weighted by atomic mass is 9.83. The van der Waals surface area contributed by atoms with E-state index in [0.717, 1.165) is 44.4 Å². The third-order valence-corrected chi connectivity index (χ3v) is 7.45. The van der Waals surface area contributed by atoms with Crippen LogP contribution in [0.1, 0.15) is 56.1 Å². The smallest absolute Gasteiger partial charge is 0.410 e. The van der Waals surface area contributed by atoms with Gasteiger partial charge in [0, 0.05) is 18.6 Å². The number of hydrogen-bond donors (Lipinski definition) is 1. The molecule has 2 fully saturated rings. The van der Waals surface area contributed by atoms with Crippen molar-refractivity contribution in [3.8, 4) is 5.75 Å². The highest BCUT2D eigenvalue weighted by atomic mass is 16.5. The van der Waals surface area contributed by atoms with E-state index in [2.05, 4.69) is 54.7 Å². The van der Waals surface area contributed by atoms with Gasteiger partial charge in [-0.3, -0.25) is 4.90 Å². The summed E-state index contributed by atoms with van der Waals surface area (Å²) in [5.41, 5.74) is 2.62. The third-order valence-electron chi connectivity index (χ3n) is 7.45. The molecule has 1 heterocycles. The highest BCUT2D eigenvalue weighted by molar-refractivity contribution is 5.69. The highest BCUT2D eigenvalue weighted by Crippen LogP contribution is 2.34. The van der Waals surface area contributed by atoms with Crippen molar-refractivity contribution >= 4 is 6.09 Å². The number of benzene rings is 2. The molecule has 6 heteroatoms. The minimum absolute atomic E-state index is 0.0486. The van der Waals surface area contributed by atoms with Crippen LogP contribution in [0.3, 0.4) is 0 Å². The van der Waals surface area contributed by atoms with E-state index < -0.39 is 0 Å². The van der Waals surface area contributed by atoms with Gasteiger partial charge in [0.05, 0.1) is 33.0 Å². The summed E-state index contributed by atoms with van der Waals surface area (Å²) >= 11 is 0. The number of methoxy groups -OCH3 is 2. The molecule has 6 nitrogen and oxygen atoms in total. The van der Waals surface area contributed by atoms with Crippen LogP contribution < -0.4 is 10.1 Å². The molecule has 0 radical (unpaired) electrons. The van der Waals surface area contributed by atoms with Crippen LogP contribution in [0.15, 0.2) is 54.6 Å². The number of rotatable bonds is 8. The van der Waals surface area contributed by atoms with Crippen molar-refractivity contribution in [3.63, 3.8) is 0 Å². The molecule has 1 saturated carbocycles. The Morgan fingerprint density at radius 1 is 1.00 bits per heavy atom. The molecule has 0 bridgehead atoms. The number of carbonyl (C=O) groups is 1. The van der Waals surface area contributed by atoms with Gasteiger partial charge in [-0.25, -0.2) is 4.79 Å². The quantitative estimate of drug-likeness (QED) is 0.585. The van der Waals surface area contributed by atoms with Crippen molar-refractivity contribution in [3.05, 3.63) is 65.7 Å². The average molecular weight is 467 g/mol. The predicted molar refractivity (Wildman–Crippen MR) is 133 cm³/mol. The van der Waals surface area contributed by atoms with Crippen molar-refractivity contribution in [2.45, 2.75) is 75.7 Å². The summed E-state index contributed by atoms with van der Waals surface area (Å²) in [4.78, 5) is 14.4. The standard InChI is InChI=1S/C28H38N2O4/c1-20-17-26(29-18-21-9-13-24(32-2)14-10-21)27(30(20)28(31)33-3)19-34-25-15-11-23(12-16-25)22-7-5-4-6-8-22/h4-10,13-14,20,23,25-27,29H,11-12,15-19H2,1-3H3/t20-,23?,25?,26+,27?/m1/s1. The molecular weight excluding hydrogens is 428 g/mol. The van der Waals surface area contributed by atoms with E-state index in [1.54, 1.807) is 7.11 Å². The monoisotopic (exact) mass is 466 g/mol. The molecule has 2 aliphatic rings. The summed E-state index contributed by atoms with van der Waals surface area (Å²) in [7, 11) is 3.13. The third kappa shape index (κ3) is 5.91. The first-order chi connectivity index (χ1) is 16.6. The van der Waals surface area contributed by atoms with Crippen molar-refractivity contribution in [1.29, 1.82) is 0 Å². The molecule has 1 saturated heterocycles. The molecule has 1 aliphatic carbocycles. The lowest BCUT2D eigenvalue weighted by Crippen LogP contribution is -2.49. The number of likely N-dealkylation sites (tertiary alicyclic amines) is 1. The van der Waals surface area contributed by atoms with Crippen LogP contribution >= 0.6 is 0 Å². The molecule has 184 valence electrons. The summed E-state index contributed by atoms with van der Waals surface area (Å²) in [6, 6.07) is 19.1. The van der Waals surface area contributed by atoms with Gasteiger partial charge < -0.3 is 19.5 Å². The van der Waals surface area contributed by atoms with Gasteiger partial charge in [-0.2, -0.15) is 0 Å². The molecule has 1 amide bonds. The fourth-order valence-corrected chi connectivity index (χ4v) is 5.51. The Hall–Kier alpha value is -2.57. The number of amides is 1. The van der Waals surface area contributed by atoms with Gasteiger partial charge in [-0.15, -0.1) is 0 Å². The van der Waals surface area contributed by atoms with E-state index in [-0.39, 0.29) is 30.3 Å². The van der Waals surface area contributed by atoms with Crippen LogP contribution in [0.25, 0.3) is 0 Å². The normalized spacial score (nSPS) is 26.9. The number of carbonyl (C=O) groups excluding carboxylic acids is 1. The second kappa shape index (κ2) is 11.7. The minimum atomic E-state index is -0.275. The van der Waals surface area contributed by atoms with Gasteiger partial charge in [0.2, 0.25) is 0 Å². The van der Waals surface area contributed by atoms with Crippen molar-refractivity contribution in [1.82, 2.24) is 10.2 Å². The van der Waals surface area contributed by atoms with Gasteiger partial charge in [0.1, 0.15) is 5.75 Å². The SMILES string of the molecule is COC(=O)N1C(COC2CCC(c3ccccc3)CC2)[C@@H](NCc2ccc(OC)cc2)C[C@H]1C. The second-order valence-electron chi connectivity index (χ2n) is 9.58. The Labute approximate surface area is 203 Å². The maximum atomic E-state index is 12.6. The maximum absolute atomic E-state index is 12.6. The molecule has 1 aliphatic heterocycles. The van der Waals surface area contributed by atoms with Gasteiger partial charge in [-0.1, -0.05) is 42.5 Å². The first-order valence-corrected chi connectivity index (χ1v) is 12.5. The van der Waals surface area contributed by atoms with E-state index in [1.165, 1.54) is 18.2 Å². The maximum Gasteiger partial charge on any atom is 0.410 e. The van der Waals surface area contributed by atoms with Crippen LogP contribution in [0.4, 0.5) is 4.79 Å². The average Bonchev–Trinajstić information content (AvgIpc) is 3.21. The zero-order chi connectivity index (χ0) is 23.9. The van der Waals surface area contributed by atoms with E-state index in [9.17, 15) is 4.79 Å². The van der Waals surface area contributed by atoms with E-state index >= 15 is 0 Å². The summed E-state index contributed by atoms with van der Waals surface area (Å²) in [5, 5.41) is 3.67. The summed E-state index contributed by atoms with van der Waals surface area (Å²) in [5.74, 6) is 1.47. The molecule has 1 unspecified atom stereocenters. The van der Waals surface area contributed by atoms with Gasteiger partial charge in [0.15, 0.2) is 0 Å². The zero-order valence-corrected chi connectivity index (χ0v) is 20.6. The van der Waals surface area contributed by atoms with Gasteiger partial charge in [0.25, 0.3) is 0 Å². The van der Waals surface area contributed by atoms with Gasteiger partial charge >= 0.3 is 6.09 Å². The fourth-order valence-electron chi connectivity index (χ4n) is 5.51. The number of nitrogens with zero attached hydrogens (tertiary/aromatic N) is 1. The minimum Gasteiger partial charge on any atom is -0.497 e. The van der Waals surface area contributed by atoms with E-state index in [0.29, 0.717) is 12.5 Å². The van der Waals surface area contributed by atoms with Crippen molar-refractivity contribution < 1.29 is 19.0 Å². The first kappa shape index (κ1) is 24.6. The van der Waals surface area contributed by atoms with Crippen LogP contribution in [-0.4, -0.2) is 56.0 Å². The first-order valence-electron chi connectivity index (χ1n) is 12.5. The van der Waals surface area contributed by atoms with Gasteiger partial charge in [-0.05, 0) is 68.2 Å². The van der Waals surface area contributed by atoms with Crippen molar-refractivity contribution in [2.24, 2.45) is 0 Å². The predicted octanol–water partition coefficient (Wildman–Crippen LogP) is 5.13. The molecule has 34 heavy (non-hydrogen) atoms. The molecule has 2 aromatic carbocycles. The molecule has 3 atom stereocenters. The molecular formula is C28H38N2O4. The topological polar surface area (TPSA) is 60.0 Å². The van der Waals surface area contributed by atoms with Crippen molar-refractivity contribution in [2.75, 3.05) is 20.8 Å². The fraction of sp³-hybridized carbons (Fsp3) is 0.536. The number of hydrogen-bond acceptors (Lipinski definition) is 5. The highest BCUT2D eigenvalue weighted by Gasteiger charge is 2.42. The molecule has 0 aromatic heterocycles. The Morgan fingerprint density at radius 3 is 2.35 bits per heavy atom. The Bertz CT molecular complexity index is 896. The van der Waals surface area contributed by atoms with Crippen LogP contribution in [0.2, 0.25) is 0 Å². The molecule has 2 aromatic rings. The van der Waals surface area contributed by atoms with Crippen LogP contribution in [-0.2, 0) is 16.0 Å². The summed E-state index contributed by atoms with van der Waals surface area (Å²) in [6.07, 6.45) is 5.26. The summed E-state index contributed by atoms with van der Waals surface area (Å²) < 4.78 is 16.8. The number of ether oxygens (including phenoxy) is 3. The Kier molecular flexibility index (Phi) is 8.46. The second-order valence-corrected chi connectivity index (χ2v) is 9.58. The summed E-state index contributed by atoms with van der Waals surface area (Å²) in [6.45, 7) is 3.35. The molecule has 1 N–H and O–H groups in total. The van der Waals surface area contributed by atoms with E-state index in [1.807, 2.05) is 17.0 Å². The number of nitrogens with one attached hydrogen (secondary N) is 1. The van der Waals surface area contributed by atoms with E-state index in [4.69, 9.17) is 14.2 Å². The van der Waals surface area contributed by atoms with Crippen LogP contribution in [0, 0.1) is 0 Å². The zero-order valence-electron chi connectivity index (χ0n) is 20.6. The lowest BCUT2D eigenvalue weighted by Gasteiger charge is -2.33. The molecule has 0 spiro atoms. The molecule has 4 rings (SSSR count). The Balaban J connectivity index is 1.34.